The molecule has 0 aromatic heterocycles. The number of likely N-dealkylation sites (N-methyl/N-ethyl adjacent to an activating group) is 1. The average molecular weight is 422 g/mol. The molecule has 0 bridgehead atoms. The first-order valence-corrected chi connectivity index (χ1v) is 12.4. The first-order valence-electron chi connectivity index (χ1n) is 11.0. The number of aryl methyl sites for hydroxylation is 2. The summed E-state index contributed by atoms with van der Waals surface area (Å²) in [5, 5.41) is 3.07. The van der Waals surface area contributed by atoms with E-state index in [2.05, 4.69) is 31.0 Å². The molecule has 7 heteroatoms. The van der Waals surface area contributed by atoms with Crippen LogP contribution < -0.4 is 5.32 Å². The Labute approximate surface area is 175 Å². The molecule has 2 aliphatic rings. The molecule has 0 saturated carbocycles. The van der Waals surface area contributed by atoms with Crippen LogP contribution in [0.2, 0.25) is 0 Å². The van der Waals surface area contributed by atoms with E-state index in [-0.39, 0.29) is 11.8 Å². The highest BCUT2D eigenvalue weighted by Gasteiger charge is 2.32. The van der Waals surface area contributed by atoms with E-state index in [1.54, 1.807) is 10.4 Å². The van der Waals surface area contributed by atoms with Crippen molar-refractivity contribution >= 4 is 15.9 Å². The topological polar surface area (TPSA) is 69.7 Å². The number of hydrogen-bond acceptors (Lipinski definition) is 4. The van der Waals surface area contributed by atoms with E-state index in [9.17, 15) is 13.2 Å². The molecule has 29 heavy (non-hydrogen) atoms. The zero-order chi connectivity index (χ0) is 21.0. The summed E-state index contributed by atoms with van der Waals surface area (Å²) < 4.78 is 27.6. The van der Waals surface area contributed by atoms with Gasteiger partial charge in [0.25, 0.3) is 0 Å². The number of sulfonamides is 1. The Hall–Kier alpha value is -1.44. The van der Waals surface area contributed by atoms with Crippen molar-refractivity contribution in [2.75, 3.05) is 32.7 Å². The molecule has 1 aliphatic carbocycles. The quantitative estimate of drug-likeness (QED) is 0.700. The third-order valence-corrected chi connectivity index (χ3v) is 8.43. The summed E-state index contributed by atoms with van der Waals surface area (Å²) in [6.07, 6.45) is 4.27. The molecule has 1 saturated heterocycles. The second kappa shape index (κ2) is 9.58. The molecule has 1 aliphatic heterocycles. The van der Waals surface area contributed by atoms with Crippen LogP contribution in [-0.2, 0) is 27.7 Å². The summed E-state index contributed by atoms with van der Waals surface area (Å²) in [5.74, 6) is -0.0519. The second-order valence-corrected chi connectivity index (χ2v) is 10.2. The van der Waals surface area contributed by atoms with Gasteiger partial charge in [-0.2, -0.15) is 4.31 Å². The molecule has 1 aromatic rings. The summed E-state index contributed by atoms with van der Waals surface area (Å²) >= 11 is 0. The Morgan fingerprint density at radius 3 is 2.48 bits per heavy atom. The fourth-order valence-corrected chi connectivity index (χ4v) is 6.11. The highest BCUT2D eigenvalue weighted by atomic mass is 32.2. The van der Waals surface area contributed by atoms with Crippen molar-refractivity contribution in [2.24, 2.45) is 5.92 Å². The molecule has 1 heterocycles. The number of carbonyl (C=O) groups excluding carboxylic acids is 1. The van der Waals surface area contributed by atoms with Gasteiger partial charge >= 0.3 is 0 Å². The monoisotopic (exact) mass is 421 g/mol. The van der Waals surface area contributed by atoms with Gasteiger partial charge in [0.15, 0.2) is 0 Å². The fraction of sp³-hybridized carbons (Fsp3) is 0.682. The predicted molar refractivity (Wildman–Crippen MR) is 115 cm³/mol. The minimum absolute atomic E-state index is 0.0542. The lowest BCUT2D eigenvalue weighted by molar-refractivity contribution is -0.126. The van der Waals surface area contributed by atoms with Crippen LogP contribution in [0.4, 0.5) is 0 Å². The third-order valence-electron chi connectivity index (χ3n) is 6.54. The average Bonchev–Trinajstić information content (AvgIpc) is 3.21. The number of amides is 1. The molecule has 1 atom stereocenters. The van der Waals surface area contributed by atoms with Gasteiger partial charge in [0.05, 0.1) is 4.90 Å². The number of carbonyl (C=O) groups is 1. The number of nitrogens with zero attached hydrogens (tertiary/aromatic N) is 2. The number of hydrogen-bond donors (Lipinski definition) is 1. The van der Waals surface area contributed by atoms with Crippen LogP contribution in [0.25, 0.3) is 0 Å². The molecule has 1 aromatic carbocycles. The van der Waals surface area contributed by atoms with Gasteiger partial charge in [0, 0.05) is 31.6 Å². The van der Waals surface area contributed by atoms with Gasteiger partial charge in [-0.15, -0.1) is 0 Å². The maximum absolute atomic E-state index is 13.0. The van der Waals surface area contributed by atoms with E-state index in [4.69, 9.17) is 0 Å². The lowest BCUT2D eigenvalue weighted by atomic mass is 9.97. The van der Waals surface area contributed by atoms with Crippen LogP contribution in [-0.4, -0.2) is 62.3 Å². The fourth-order valence-electron chi connectivity index (χ4n) is 4.58. The molecule has 6 nitrogen and oxygen atoms in total. The van der Waals surface area contributed by atoms with Gasteiger partial charge in [-0.3, -0.25) is 9.69 Å². The molecule has 1 amide bonds. The van der Waals surface area contributed by atoms with Crippen LogP contribution in [0, 0.1) is 5.92 Å². The van der Waals surface area contributed by atoms with E-state index < -0.39 is 10.0 Å². The maximum atomic E-state index is 13.0. The summed E-state index contributed by atoms with van der Waals surface area (Å²) in [5.41, 5.74) is 2.45. The summed E-state index contributed by atoms with van der Waals surface area (Å²) in [7, 11) is -3.48. The molecule has 0 spiro atoms. The number of rotatable bonds is 8. The van der Waals surface area contributed by atoms with Gasteiger partial charge < -0.3 is 5.32 Å². The molecular formula is C22H35N3O3S. The predicted octanol–water partition coefficient (Wildman–Crippen LogP) is 2.42. The Morgan fingerprint density at radius 1 is 1.17 bits per heavy atom. The Bertz CT molecular complexity index is 813. The van der Waals surface area contributed by atoms with E-state index in [0.29, 0.717) is 43.4 Å². The number of piperidine rings is 1. The van der Waals surface area contributed by atoms with Crippen LogP contribution in [0.1, 0.15) is 51.2 Å². The van der Waals surface area contributed by atoms with E-state index >= 15 is 0 Å². The first-order chi connectivity index (χ1) is 13.9. The lowest BCUT2D eigenvalue weighted by Gasteiger charge is -2.31. The number of fused-ring (bicyclic) bond motifs is 1. The summed E-state index contributed by atoms with van der Waals surface area (Å²) in [6, 6.07) is 5.86. The smallest absolute Gasteiger partial charge is 0.243 e. The second-order valence-electron chi connectivity index (χ2n) is 8.28. The molecule has 1 fully saturated rings. The van der Waals surface area contributed by atoms with Crippen molar-refractivity contribution in [1.82, 2.24) is 14.5 Å². The van der Waals surface area contributed by atoms with Gasteiger partial charge in [0.1, 0.15) is 0 Å². The number of benzene rings is 1. The highest BCUT2D eigenvalue weighted by Crippen LogP contribution is 2.28. The molecule has 0 radical (unpaired) electrons. The van der Waals surface area contributed by atoms with Crippen LogP contribution in [0.5, 0.6) is 0 Å². The van der Waals surface area contributed by atoms with Crippen molar-refractivity contribution in [2.45, 2.75) is 63.8 Å². The minimum atomic E-state index is -3.48. The Morgan fingerprint density at radius 2 is 1.83 bits per heavy atom. The largest absolute Gasteiger partial charge is 0.354 e. The normalized spacial score (nSPS) is 19.3. The Kier molecular flexibility index (Phi) is 7.35. The molecule has 1 unspecified atom stereocenters. The standard InChI is InChI=1S/C22H35N3O3S/c1-4-24(5-2)17(3)16-23-22(26)19-11-13-25(14-12-19)29(27,28)21-10-9-18-7-6-8-20(18)15-21/h9-10,15,17,19H,4-8,11-14,16H2,1-3H3,(H,23,26). The number of nitrogens with one attached hydrogen (secondary N) is 1. The lowest BCUT2D eigenvalue weighted by Crippen LogP contribution is -2.46. The highest BCUT2D eigenvalue weighted by molar-refractivity contribution is 7.89. The zero-order valence-corrected chi connectivity index (χ0v) is 18.8. The van der Waals surface area contributed by atoms with E-state index in [1.807, 2.05) is 12.1 Å². The molecule has 1 N–H and O–H groups in total. The Balaban J connectivity index is 1.54. The van der Waals surface area contributed by atoms with Crippen molar-refractivity contribution in [3.63, 3.8) is 0 Å². The SMILES string of the molecule is CCN(CC)C(C)CNC(=O)C1CCN(S(=O)(=O)c2ccc3c(c2)CCC3)CC1. The van der Waals surface area contributed by atoms with Crippen LogP contribution >= 0.6 is 0 Å². The van der Waals surface area contributed by atoms with Gasteiger partial charge in [-0.25, -0.2) is 8.42 Å². The van der Waals surface area contributed by atoms with Gasteiger partial charge in [0.2, 0.25) is 15.9 Å². The van der Waals surface area contributed by atoms with Crippen LogP contribution in [0.15, 0.2) is 23.1 Å². The summed E-state index contributed by atoms with van der Waals surface area (Å²) in [6.45, 7) is 9.75. The van der Waals surface area contributed by atoms with Crippen molar-refractivity contribution < 1.29 is 13.2 Å². The van der Waals surface area contributed by atoms with Crippen molar-refractivity contribution in [3.8, 4) is 0 Å². The minimum Gasteiger partial charge on any atom is -0.354 e. The summed E-state index contributed by atoms with van der Waals surface area (Å²) in [4.78, 5) is 15.3. The van der Waals surface area contributed by atoms with E-state index in [1.165, 1.54) is 11.1 Å². The first kappa shape index (κ1) is 22.2. The van der Waals surface area contributed by atoms with Crippen molar-refractivity contribution in [3.05, 3.63) is 29.3 Å². The molecule has 3 rings (SSSR count). The third kappa shape index (κ3) is 5.01. The van der Waals surface area contributed by atoms with E-state index in [0.717, 1.165) is 32.4 Å². The van der Waals surface area contributed by atoms with Crippen molar-refractivity contribution in [1.29, 1.82) is 0 Å². The van der Waals surface area contributed by atoms with Gasteiger partial charge in [-0.05, 0) is 75.4 Å². The zero-order valence-electron chi connectivity index (χ0n) is 18.0. The maximum Gasteiger partial charge on any atom is 0.243 e. The molecule has 162 valence electrons. The van der Waals surface area contributed by atoms with Crippen LogP contribution in [0.3, 0.4) is 0 Å². The molecular weight excluding hydrogens is 386 g/mol. The van der Waals surface area contributed by atoms with Gasteiger partial charge in [-0.1, -0.05) is 19.9 Å².